The average molecular weight is 299 g/mol. The molecule has 0 aromatic carbocycles. The van der Waals surface area contributed by atoms with Crippen molar-refractivity contribution >= 4 is 11.9 Å². The molecule has 0 radical (unpaired) electrons. The summed E-state index contributed by atoms with van der Waals surface area (Å²) in [6, 6.07) is 1.89. The molecule has 1 heterocycles. The van der Waals surface area contributed by atoms with Gasteiger partial charge in [-0.25, -0.2) is 0 Å². The normalized spacial score (nSPS) is 9.75. The SMILES string of the molecule is Cc1cc(C)n(CCN(CC(=O)[O-])CC(=O)[O-])n1.[Na+].[Na+]. The van der Waals surface area contributed by atoms with E-state index in [1.165, 1.54) is 4.90 Å². The summed E-state index contributed by atoms with van der Waals surface area (Å²) >= 11 is 0. The van der Waals surface area contributed by atoms with Gasteiger partial charge in [0.25, 0.3) is 0 Å². The van der Waals surface area contributed by atoms with Gasteiger partial charge in [-0.05, 0) is 19.9 Å². The van der Waals surface area contributed by atoms with Crippen LogP contribution in [0.1, 0.15) is 11.4 Å². The molecule has 100 valence electrons. The molecule has 0 saturated heterocycles. The van der Waals surface area contributed by atoms with Crippen molar-refractivity contribution in [1.82, 2.24) is 14.7 Å². The van der Waals surface area contributed by atoms with Crippen LogP contribution in [-0.4, -0.2) is 46.3 Å². The van der Waals surface area contributed by atoms with Crippen LogP contribution in [0.5, 0.6) is 0 Å². The van der Waals surface area contributed by atoms with Crippen molar-refractivity contribution < 1.29 is 78.9 Å². The molecule has 0 spiro atoms. The molecule has 0 unspecified atom stereocenters. The van der Waals surface area contributed by atoms with Gasteiger partial charge in [0.1, 0.15) is 0 Å². The van der Waals surface area contributed by atoms with Crippen LogP contribution in [0, 0.1) is 13.8 Å². The molecular weight excluding hydrogens is 284 g/mol. The molecule has 0 amide bonds. The molecule has 0 saturated carbocycles. The Bertz CT molecular complexity index is 435. The third-order valence-electron chi connectivity index (χ3n) is 2.44. The largest absolute Gasteiger partial charge is 1.00 e. The van der Waals surface area contributed by atoms with E-state index in [0.717, 1.165) is 11.4 Å². The predicted molar refractivity (Wildman–Crippen MR) is 58.2 cm³/mol. The van der Waals surface area contributed by atoms with E-state index in [1.54, 1.807) is 4.68 Å². The number of carboxylic acid groups (broad SMARTS) is 2. The van der Waals surface area contributed by atoms with Gasteiger partial charge in [-0.15, -0.1) is 0 Å². The Balaban J connectivity index is 0. The minimum Gasteiger partial charge on any atom is -0.549 e. The summed E-state index contributed by atoms with van der Waals surface area (Å²) < 4.78 is 1.70. The summed E-state index contributed by atoms with van der Waals surface area (Å²) in [5.74, 6) is -2.63. The topological polar surface area (TPSA) is 101 Å². The van der Waals surface area contributed by atoms with E-state index in [4.69, 9.17) is 0 Å². The summed E-state index contributed by atoms with van der Waals surface area (Å²) in [5, 5.41) is 25.2. The second-order valence-electron chi connectivity index (χ2n) is 4.10. The summed E-state index contributed by atoms with van der Waals surface area (Å²) in [7, 11) is 0. The third kappa shape index (κ3) is 8.41. The van der Waals surface area contributed by atoms with Gasteiger partial charge < -0.3 is 19.8 Å². The maximum Gasteiger partial charge on any atom is 1.00 e. The van der Waals surface area contributed by atoms with E-state index in [1.807, 2.05) is 19.9 Å². The van der Waals surface area contributed by atoms with Gasteiger partial charge in [-0.2, -0.15) is 5.10 Å². The molecule has 1 rings (SSSR count). The Kier molecular flexibility index (Phi) is 12.1. The first kappa shape index (κ1) is 22.4. The smallest absolute Gasteiger partial charge is 0.549 e. The molecule has 0 fully saturated rings. The number of nitrogens with zero attached hydrogens (tertiary/aromatic N) is 3. The number of aliphatic carboxylic acids is 2. The van der Waals surface area contributed by atoms with Crippen molar-refractivity contribution in [2.75, 3.05) is 19.6 Å². The van der Waals surface area contributed by atoms with Crippen LogP contribution in [0.4, 0.5) is 0 Å². The maximum atomic E-state index is 10.5. The van der Waals surface area contributed by atoms with Crippen LogP contribution < -0.4 is 69.3 Å². The van der Waals surface area contributed by atoms with Crippen molar-refractivity contribution in [2.45, 2.75) is 20.4 Å². The second kappa shape index (κ2) is 10.8. The van der Waals surface area contributed by atoms with Crippen molar-refractivity contribution in [3.05, 3.63) is 17.5 Å². The first-order valence-electron chi connectivity index (χ1n) is 5.51. The fourth-order valence-corrected chi connectivity index (χ4v) is 1.72. The van der Waals surface area contributed by atoms with Gasteiger partial charge in [0.05, 0.1) is 24.2 Å². The number of aromatic nitrogens is 2. The molecule has 1 aromatic rings. The Morgan fingerprint density at radius 3 is 2.05 bits per heavy atom. The molecule has 0 N–H and O–H groups in total. The number of carboxylic acids is 2. The quantitative estimate of drug-likeness (QED) is 0.463. The number of aryl methyl sites for hydroxylation is 2. The van der Waals surface area contributed by atoms with Crippen LogP contribution in [0.15, 0.2) is 6.07 Å². The second-order valence-corrected chi connectivity index (χ2v) is 4.10. The zero-order chi connectivity index (χ0) is 13.7. The maximum absolute atomic E-state index is 10.5. The van der Waals surface area contributed by atoms with E-state index < -0.39 is 25.0 Å². The number of rotatable bonds is 7. The summed E-state index contributed by atoms with van der Waals surface area (Å²) in [6.07, 6.45) is 0. The third-order valence-corrected chi connectivity index (χ3v) is 2.44. The molecule has 0 aliphatic carbocycles. The fourth-order valence-electron chi connectivity index (χ4n) is 1.72. The number of hydrogen-bond acceptors (Lipinski definition) is 6. The summed E-state index contributed by atoms with van der Waals surface area (Å²) in [5.41, 5.74) is 1.80. The fraction of sp³-hybridized carbons (Fsp3) is 0.545. The van der Waals surface area contributed by atoms with Gasteiger partial charge >= 0.3 is 59.1 Å². The van der Waals surface area contributed by atoms with Crippen LogP contribution >= 0.6 is 0 Å². The van der Waals surface area contributed by atoms with Crippen molar-refractivity contribution in [2.24, 2.45) is 0 Å². The minimum absolute atomic E-state index is 0. The Morgan fingerprint density at radius 2 is 1.70 bits per heavy atom. The van der Waals surface area contributed by atoms with E-state index in [9.17, 15) is 19.8 Å². The molecule has 9 heteroatoms. The van der Waals surface area contributed by atoms with Crippen molar-refractivity contribution in [1.29, 1.82) is 0 Å². The van der Waals surface area contributed by atoms with Gasteiger partial charge in [0.2, 0.25) is 0 Å². The molecule has 0 aliphatic rings. The number of hydrogen-bond donors (Lipinski definition) is 0. The van der Waals surface area contributed by atoms with Crippen LogP contribution in [0.3, 0.4) is 0 Å². The van der Waals surface area contributed by atoms with Gasteiger partial charge in [0, 0.05) is 25.3 Å². The van der Waals surface area contributed by atoms with Crippen LogP contribution in [-0.2, 0) is 16.1 Å². The Hall–Kier alpha value is 0.110. The van der Waals surface area contributed by atoms with E-state index in [2.05, 4.69) is 5.10 Å². The van der Waals surface area contributed by atoms with Gasteiger partial charge in [-0.3, -0.25) is 9.58 Å². The summed E-state index contributed by atoms with van der Waals surface area (Å²) in [6.45, 7) is 3.52. The first-order chi connectivity index (χ1) is 8.38. The number of carbonyl (C=O) groups is 2. The standard InChI is InChI=1S/C11H17N3O4.2Na/c1-8-5-9(2)14(12-8)4-3-13(6-10(15)16)7-11(17)18;;/h5H,3-4,6-7H2,1-2H3,(H,15,16)(H,17,18);;/q;2*+1/p-2. The van der Waals surface area contributed by atoms with Crippen LogP contribution in [0.2, 0.25) is 0 Å². The minimum atomic E-state index is -1.32. The van der Waals surface area contributed by atoms with Crippen molar-refractivity contribution in [3.63, 3.8) is 0 Å². The predicted octanol–water partition coefficient (Wildman–Crippen LogP) is -8.69. The average Bonchev–Trinajstić information content (AvgIpc) is 2.52. The monoisotopic (exact) mass is 299 g/mol. The molecule has 20 heavy (non-hydrogen) atoms. The van der Waals surface area contributed by atoms with E-state index in [-0.39, 0.29) is 65.7 Å². The van der Waals surface area contributed by atoms with Gasteiger partial charge in [0.15, 0.2) is 0 Å². The zero-order valence-corrected chi connectivity index (χ0v) is 16.4. The summed E-state index contributed by atoms with van der Waals surface area (Å²) in [4.78, 5) is 22.2. The Morgan fingerprint density at radius 1 is 1.20 bits per heavy atom. The molecule has 0 bridgehead atoms. The zero-order valence-electron chi connectivity index (χ0n) is 12.4. The Labute approximate surface area is 161 Å². The van der Waals surface area contributed by atoms with Gasteiger partial charge in [-0.1, -0.05) is 0 Å². The molecular formula is C11H15N3Na2O4. The van der Waals surface area contributed by atoms with E-state index in [0.29, 0.717) is 6.54 Å². The van der Waals surface area contributed by atoms with Crippen LogP contribution in [0.25, 0.3) is 0 Å². The molecule has 0 atom stereocenters. The van der Waals surface area contributed by atoms with Crippen molar-refractivity contribution in [3.8, 4) is 0 Å². The number of carbonyl (C=O) groups excluding carboxylic acids is 2. The van der Waals surface area contributed by atoms with E-state index >= 15 is 0 Å². The molecule has 0 aliphatic heterocycles. The first-order valence-corrected chi connectivity index (χ1v) is 5.51. The molecule has 7 nitrogen and oxygen atoms in total. The molecule has 1 aromatic heterocycles.